The van der Waals surface area contributed by atoms with E-state index in [1.807, 2.05) is 0 Å². The Balaban J connectivity index is 2.35. The topological polar surface area (TPSA) is 77.0 Å². The zero-order chi connectivity index (χ0) is 11.3. The van der Waals surface area contributed by atoms with E-state index in [1.165, 1.54) is 16.3 Å². The molecule has 6 nitrogen and oxygen atoms in total. The maximum atomic E-state index is 11.0. The van der Waals surface area contributed by atoms with Crippen molar-refractivity contribution in [3.8, 4) is 0 Å². The number of rotatable bonds is 5. The Hall–Kier alpha value is -1.24. The Labute approximate surface area is 91.0 Å². The van der Waals surface area contributed by atoms with E-state index >= 15 is 0 Å². The maximum Gasteiger partial charge on any atom is 0.343 e. The number of hydrogen-bond acceptors (Lipinski definition) is 5. The number of hydrogen-bond donors (Lipinski definition) is 1. The Kier molecular flexibility index (Phi) is 4.41. The third kappa shape index (κ3) is 3.43. The Morgan fingerprint density at radius 2 is 2.40 bits per heavy atom. The zero-order valence-corrected chi connectivity index (χ0v) is 9.47. The molecule has 1 aromatic rings. The molecule has 0 amide bonds. The third-order valence-corrected chi connectivity index (χ3v) is 2.71. The molecule has 15 heavy (non-hydrogen) atoms. The summed E-state index contributed by atoms with van der Waals surface area (Å²) >= 11 is 1.34. The number of H-pyrrole nitrogens is 1. The van der Waals surface area contributed by atoms with Crippen molar-refractivity contribution in [3.05, 3.63) is 10.5 Å². The molecule has 0 spiro atoms. The van der Waals surface area contributed by atoms with Gasteiger partial charge in [-0.15, -0.1) is 5.10 Å². The molecule has 1 N–H and O–H groups in total. The average molecular weight is 231 g/mol. The van der Waals surface area contributed by atoms with E-state index in [1.54, 1.807) is 14.0 Å². The highest BCUT2D eigenvalue weighted by molar-refractivity contribution is 7.99. The summed E-state index contributed by atoms with van der Waals surface area (Å²) in [5, 5.41) is 6.69. The van der Waals surface area contributed by atoms with Crippen molar-refractivity contribution in [2.75, 3.05) is 12.4 Å². The number of aromatic amines is 1. The number of aromatic nitrogens is 3. The normalized spacial score (nSPS) is 10.3. The largest absolute Gasteiger partial charge is 0.466 e. The van der Waals surface area contributed by atoms with Crippen molar-refractivity contribution in [2.24, 2.45) is 7.05 Å². The molecule has 0 aliphatic heterocycles. The van der Waals surface area contributed by atoms with Crippen LogP contribution in [0.5, 0.6) is 0 Å². The lowest BCUT2D eigenvalue weighted by Gasteiger charge is -2.00. The molecule has 0 aliphatic carbocycles. The highest BCUT2D eigenvalue weighted by Gasteiger charge is 2.06. The summed E-state index contributed by atoms with van der Waals surface area (Å²) in [7, 11) is 1.62. The summed E-state index contributed by atoms with van der Waals surface area (Å²) in [6.07, 6.45) is 0.319. The highest BCUT2D eigenvalue weighted by atomic mass is 32.2. The monoisotopic (exact) mass is 231 g/mol. The summed E-state index contributed by atoms with van der Waals surface area (Å²) < 4.78 is 6.16. The Morgan fingerprint density at radius 1 is 1.67 bits per heavy atom. The first-order valence-corrected chi connectivity index (χ1v) is 5.53. The van der Waals surface area contributed by atoms with Gasteiger partial charge in [0.05, 0.1) is 13.0 Å². The average Bonchev–Trinajstić information content (AvgIpc) is 2.50. The van der Waals surface area contributed by atoms with Gasteiger partial charge in [-0.05, 0) is 6.92 Å². The molecule has 0 aromatic carbocycles. The van der Waals surface area contributed by atoms with Gasteiger partial charge in [-0.1, -0.05) is 11.8 Å². The van der Waals surface area contributed by atoms with Crippen molar-refractivity contribution in [2.45, 2.75) is 18.5 Å². The summed E-state index contributed by atoms with van der Waals surface area (Å²) in [5.74, 6) is 0.322. The van der Waals surface area contributed by atoms with Crippen LogP contribution in [-0.4, -0.2) is 33.1 Å². The Bertz CT molecular complexity index is 385. The number of nitrogens with one attached hydrogen (secondary N) is 1. The molecule has 84 valence electrons. The fourth-order valence-electron chi connectivity index (χ4n) is 0.920. The minimum atomic E-state index is -0.256. The molecule has 1 rings (SSSR count). The lowest BCUT2D eigenvalue weighted by atomic mass is 10.5. The van der Waals surface area contributed by atoms with Gasteiger partial charge >= 0.3 is 11.7 Å². The molecule has 0 fully saturated rings. The molecular formula is C8H13N3O3S. The standard InChI is InChI=1S/C8H13N3O3S/c1-3-14-6(12)4-5-15-8-10-9-7(13)11(8)2/h3-5H2,1-2H3,(H,9,13). The van der Waals surface area contributed by atoms with Crippen molar-refractivity contribution in [1.29, 1.82) is 0 Å². The van der Waals surface area contributed by atoms with E-state index in [-0.39, 0.29) is 11.7 Å². The number of nitrogens with zero attached hydrogens (tertiary/aromatic N) is 2. The number of thioether (sulfide) groups is 1. The molecule has 1 aromatic heterocycles. The molecular weight excluding hydrogens is 218 g/mol. The second kappa shape index (κ2) is 5.59. The number of carbonyl (C=O) groups is 1. The van der Waals surface area contributed by atoms with Crippen LogP contribution in [0.25, 0.3) is 0 Å². The van der Waals surface area contributed by atoms with E-state index in [9.17, 15) is 9.59 Å². The minimum absolute atomic E-state index is 0.231. The van der Waals surface area contributed by atoms with Gasteiger partial charge in [0.15, 0.2) is 5.16 Å². The van der Waals surface area contributed by atoms with E-state index in [2.05, 4.69) is 10.2 Å². The number of esters is 1. The highest BCUT2D eigenvalue weighted by Crippen LogP contribution is 2.13. The van der Waals surface area contributed by atoms with Crippen molar-refractivity contribution in [3.63, 3.8) is 0 Å². The molecule has 0 atom stereocenters. The minimum Gasteiger partial charge on any atom is -0.466 e. The first kappa shape index (κ1) is 11.8. The van der Waals surface area contributed by atoms with Gasteiger partial charge in [0.1, 0.15) is 0 Å². The van der Waals surface area contributed by atoms with Gasteiger partial charge < -0.3 is 4.74 Å². The second-order valence-electron chi connectivity index (χ2n) is 2.77. The molecule has 0 saturated carbocycles. The van der Waals surface area contributed by atoms with Gasteiger partial charge in [0.2, 0.25) is 0 Å². The smallest absolute Gasteiger partial charge is 0.343 e. The number of ether oxygens (including phenoxy) is 1. The zero-order valence-electron chi connectivity index (χ0n) is 8.65. The SMILES string of the molecule is CCOC(=O)CCSc1n[nH]c(=O)n1C. The van der Waals surface area contributed by atoms with Crippen LogP contribution in [0.3, 0.4) is 0 Å². The molecule has 1 heterocycles. The number of carbonyl (C=O) groups excluding carboxylic acids is 1. The summed E-state index contributed by atoms with van der Waals surface area (Å²) in [4.78, 5) is 22.0. The lowest BCUT2D eigenvalue weighted by Crippen LogP contribution is -2.13. The lowest BCUT2D eigenvalue weighted by molar-refractivity contribution is -0.142. The molecule has 0 radical (unpaired) electrons. The van der Waals surface area contributed by atoms with Crippen LogP contribution in [-0.2, 0) is 16.6 Å². The second-order valence-corrected chi connectivity index (χ2v) is 3.84. The summed E-state index contributed by atoms with van der Waals surface area (Å²) in [5.41, 5.74) is -0.256. The van der Waals surface area contributed by atoms with Crippen LogP contribution in [0.1, 0.15) is 13.3 Å². The van der Waals surface area contributed by atoms with E-state index in [0.717, 1.165) is 0 Å². The van der Waals surface area contributed by atoms with E-state index in [0.29, 0.717) is 23.9 Å². The van der Waals surface area contributed by atoms with E-state index in [4.69, 9.17) is 4.74 Å². The summed E-state index contributed by atoms with van der Waals surface area (Å²) in [6.45, 7) is 2.16. The fraction of sp³-hybridized carbons (Fsp3) is 0.625. The van der Waals surface area contributed by atoms with Crippen LogP contribution in [0.4, 0.5) is 0 Å². The predicted octanol–water partition coefficient (Wildman–Crippen LogP) is 0.154. The molecule has 0 saturated heterocycles. The van der Waals surface area contributed by atoms with Crippen LogP contribution >= 0.6 is 11.8 Å². The summed E-state index contributed by atoms with van der Waals surface area (Å²) in [6, 6.07) is 0. The Morgan fingerprint density at radius 3 is 2.93 bits per heavy atom. The molecule has 0 aliphatic rings. The van der Waals surface area contributed by atoms with Gasteiger partial charge in [0, 0.05) is 12.8 Å². The molecule has 0 bridgehead atoms. The van der Waals surface area contributed by atoms with Gasteiger partial charge in [-0.3, -0.25) is 9.36 Å². The molecule has 7 heteroatoms. The van der Waals surface area contributed by atoms with Crippen LogP contribution in [0, 0.1) is 0 Å². The van der Waals surface area contributed by atoms with Gasteiger partial charge in [-0.25, -0.2) is 9.89 Å². The maximum absolute atomic E-state index is 11.0. The predicted molar refractivity (Wildman–Crippen MR) is 55.8 cm³/mol. The third-order valence-electron chi connectivity index (χ3n) is 1.68. The van der Waals surface area contributed by atoms with Crippen molar-refractivity contribution < 1.29 is 9.53 Å². The first-order valence-electron chi connectivity index (χ1n) is 4.55. The van der Waals surface area contributed by atoms with Gasteiger partial charge in [-0.2, -0.15) is 0 Å². The van der Waals surface area contributed by atoms with Crippen molar-refractivity contribution >= 4 is 17.7 Å². The van der Waals surface area contributed by atoms with E-state index < -0.39 is 0 Å². The van der Waals surface area contributed by atoms with Gasteiger partial charge in [0.25, 0.3) is 0 Å². The molecule has 0 unspecified atom stereocenters. The fourth-order valence-corrected chi connectivity index (χ4v) is 1.76. The van der Waals surface area contributed by atoms with Crippen LogP contribution in [0.2, 0.25) is 0 Å². The van der Waals surface area contributed by atoms with Crippen LogP contribution in [0.15, 0.2) is 9.95 Å². The van der Waals surface area contributed by atoms with Crippen molar-refractivity contribution in [1.82, 2.24) is 14.8 Å². The first-order chi connectivity index (χ1) is 7.15. The quantitative estimate of drug-likeness (QED) is 0.576. The van der Waals surface area contributed by atoms with Crippen LogP contribution < -0.4 is 5.69 Å².